The first-order valence-corrected chi connectivity index (χ1v) is 7.09. The fourth-order valence-corrected chi connectivity index (χ4v) is 3.43. The third-order valence-corrected chi connectivity index (χ3v) is 4.34. The number of benzene rings is 1. The molecule has 0 bridgehead atoms. The zero-order chi connectivity index (χ0) is 13.4. The zero-order valence-electron chi connectivity index (χ0n) is 12.0. The van der Waals surface area contributed by atoms with Gasteiger partial charge in [-0.25, -0.2) is 0 Å². The molecule has 2 heterocycles. The number of ether oxygens (including phenoxy) is 1. The molecule has 1 aliphatic heterocycles. The van der Waals surface area contributed by atoms with Crippen molar-refractivity contribution < 1.29 is 4.74 Å². The summed E-state index contributed by atoms with van der Waals surface area (Å²) >= 11 is 0. The molecule has 19 heavy (non-hydrogen) atoms. The van der Waals surface area contributed by atoms with Gasteiger partial charge in [0.05, 0.1) is 12.6 Å². The molecule has 3 heteroatoms. The number of methoxy groups -OCH3 is 1. The third kappa shape index (κ3) is 1.93. The maximum atomic E-state index is 5.52. The van der Waals surface area contributed by atoms with Crippen molar-refractivity contribution in [2.24, 2.45) is 7.05 Å². The molecular formula is C16H22N2O. The Bertz CT molecular complexity index is 594. The van der Waals surface area contributed by atoms with Crippen LogP contribution in [-0.2, 0) is 7.05 Å². The smallest absolute Gasteiger partial charge is 0.143 e. The third-order valence-electron chi connectivity index (χ3n) is 4.34. The molecule has 0 amide bonds. The number of hydrogen-bond acceptors (Lipinski definition) is 2. The highest BCUT2D eigenvalue weighted by Crippen LogP contribution is 2.36. The van der Waals surface area contributed by atoms with Crippen LogP contribution in [-0.4, -0.2) is 18.2 Å². The van der Waals surface area contributed by atoms with Gasteiger partial charge in [0.15, 0.2) is 0 Å². The van der Waals surface area contributed by atoms with Crippen molar-refractivity contribution in [1.29, 1.82) is 0 Å². The fraction of sp³-hybridized carbons (Fsp3) is 0.500. The quantitative estimate of drug-likeness (QED) is 0.894. The number of rotatable bonds is 2. The zero-order valence-corrected chi connectivity index (χ0v) is 12.0. The van der Waals surface area contributed by atoms with E-state index in [0.717, 1.165) is 12.3 Å². The molecular weight excluding hydrogens is 236 g/mol. The number of fused-ring (bicyclic) bond motifs is 1. The van der Waals surface area contributed by atoms with Crippen molar-refractivity contribution >= 4 is 10.9 Å². The number of aromatic nitrogens is 1. The lowest BCUT2D eigenvalue weighted by atomic mass is 9.99. The van der Waals surface area contributed by atoms with Gasteiger partial charge < -0.3 is 14.6 Å². The highest BCUT2D eigenvalue weighted by Gasteiger charge is 2.23. The Balaban J connectivity index is 2.19. The van der Waals surface area contributed by atoms with Gasteiger partial charge in [0.25, 0.3) is 0 Å². The Morgan fingerprint density at radius 3 is 2.84 bits per heavy atom. The van der Waals surface area contributed by atoms with E-state index in [-0.39, 0.29) is 0 Å². The van der Waals surface area contributed by atoms with Crippen LogP contribution in [0.3, 0.4) is 0 Å². The van der Waals surface area contributed by atoms with Crippen molar-refractivity contribution in [2.75, 3.05) is 13.7 Å². The lowest BCUT2D eigenvalue weighted by Crippen LogP contribution is -2.28. The Hall–Kier alpha value is -1.48. The lowest BCUT2D eigenvalue weighted by Gasteiger charge is -2.25. The second-order valence-corrected chi connectivity index (χ2v) is 5.43. The van der Waals surface area contributed by atoms with Gasteiger partial charge in [0.2, 0.25) is 0 Å². The van der Waals surface area contributed by atoms with E-state index in [1.807, 2.05) is 6.07 Å². The summed E-state index contributed by atoms with van der Waals surface area (Å²) in [5.74, 6) is 0.963. The molecule has 1 aromatic heterocycles. The first-order valence-electron chi connectivity index (χ1n) is 7.09. The minimum atomic E-state index is 0.482. The van der Waals surface area contributed by atoms with Gasteiger partial charge in [-0.1, -0.05) is 18.6 Å². The van der Waals surface area contributed by atoms with E-state index < -0.39 is 0 Å². The molecule has 1 unspecified atom stereocenters. The average Bonchev–Trinajstić information content (AvgIpc) is 2.72. The van der Waals surface area contributed by atoms with Crippen LogP contribution >= 0.6 is 0 Å². The van der Waals surface area contributed by atoms with Crippen LogP contribution < -0.4 is 10.1 Å². The molecule has 0 spiro atoms. The first kappa shape index (κ1) is 12.5. The molecule has 1 aromatic carbocycles. The summed E-state index contributed by atoms with van der Waals surface area (Å²) in [5.41, 5.74) is 4.01. The van der Waals surface area contributed by atoms with Crippen molar-refractivity contribution in [3.63, 3.8) is 0 Å². The standard InChI is InChI=1S/C16H22N2O/c1-11-12-7-6-9-14(19-3)16(12)18(2)15(11)13-8-4-5-10-17-13/h6-7,9,13,17H,4-5,8,10H2,1-3H3. The van der Waals surface area contributed by atoms with Crippen molar-refractivity contribution in [3.05, 3.63) is 29.5 Å². The van der Waals surface area contributed by atoms with Gasteiger partial charge in [0.1, 0.15) is 5.75 Å². The van der Waals surface area contributed by atoms with Gasteiger partial charge in [-0.05, 0) is 37.9 Å². The summed E-state index contributed by atoms with van der Waals surface area (Å²) in [6.07, 6.45) is 3.84. The van der Waals surface area contributed by atoms with Crippen molar-refractivity contribution in [3.8, 4) is 5.75 Å². The van der Waals surface area contributed by atoms with Gasteiger partial charge >= 0.3 is 0 Å². The molecule has 0 aliphatic carbocycles. The van der Waals surface area contributed by atoms with E-state index in [4.69, 9.17) is 4.74 Å². The molecule has 1 atom stereocenters. The average molecular weight is 258 g/mol. The van der Waals surface area contributed by atoms with Gasteiger partial charge in [-0.2, -0.15) is 0 Å². The van der Waals surface area contributed by atoms with E-state index in [2.05, 4.69) is 36.0 Å². The van der Waals surface area contributed by atoms with E-state index >= 15 is 0 Å². The fourth-order valence-electron chi connectivity index (χ4n) is 3.43. The molecule has 2 aromatic rings. The topological polar surface area (TPSA) is 26.2 Å². The predicted octanol–water partition coefficient (Wildman–Crippen LogP) is 3.31. The van der Waals surface area contributed by atoms with Gasteiger partial charge in [0, 0.05) is 24.2 Å². The summed E-state index contributed by atoms with van der Waals surface area (Å²) in [6.45, 7) is 3.36. The number of nitrogens with zero attached hydrogens (tertiary/aromatic N) is 1. The molecule has 0 radical (unpaired) electrons. The summed E-state index contributed by atoms with van der Waals surface area (Å²) in [5, 5.41) is 4.96. The molecule has 3 rings (SSSR count). The summed E-state index contributed by atoms with van der Waals surface area (Å²) < 4.78 is 7.83. The Morgan fingerprint density at radius 1 is 1.32 bits per heavy atom. The summed E-state index contributed by atoms with van der Waals surface area (Å²) in [4.78, 5) is 0. The molecule has 1 fully saturated rings. The highest BCUT2D eigenvalue weighted by atomic mass is 16.5. The van der Waals surface area contributed by atoms with E-state index in [1.165, 1.54) is 41.4 Å². The number of piperidine rings is 1. The van der Waals surface area contributed by atoms with Crippen molar-refractivity contribution in [2.45, 2.75) is 32.2 Å². The van der Waals surface area contributed by atoms with E-state index in [1.54, 1.807) is 7.11 Å². The van der Waals surface area contributed by atoms with Crippen LogP contribution in [0.25, 0.3) is 10.9 Å². The molecule has 1 saturated heterocycles. The normalized spacial score (nSPS) is 19.8. The Morgan fingerprint density at radius 2 is 2.16 bits per heavy atom. The largest absolute Gasteiger partial charge is 0.495 e. The first-order chi connectivity index (χ1) is 9.24. The molecule has 0 saturated carbocycles. The molecule has 3 nitrogen and oxygen atoms in total. The van der Waals surface area contributed by atoms with Crippen LogP contribution in [0.4, 0.5) is 0 Å². The SMILES string of the molecule is COc1cccc2c(C)c(C3CCCCN3)n(C)c12. The number of nitrogens with one attached hydrogen (secondary N) is 1. The van der Waals surface area contributed by atoms with Crippen LogP contribution in [0.5, 0.6) is 5.75 Å². The van der Waals surface area contributed by atoms with Crippen LogP contribution in [0.15, 0.2) is 18.2 Å². The second-order valence-electron chi connectivity index (χ2n) is 5.43. The van der Waals surface area contributed by atoms with Crippen LogP contribution in [0.2, 0.25) is 0 Å². The Labute approximate surface area is 114 Å². The monoisotopic (exact) mass is 258 g/mol. The highest BCUT2D eigenvalue weighted by molar-refractivity contribution is 5.90. The Kier molecular flexibility index (Phi) is 3.23. The maximum absolute atomic E-state index is 5.52. The number of hydrogen-bond donors (Lipinski definition) is 1. The lowest BCUT2D eigenvalue weighted by molar-refractivity contribution is 0.396. The number of aryl methyl sites for hydroxylation is 2. The summed E-state index contributed by atoms with van der Waals surface area (Å²) in [6, 6.07) is 6.79. The van der Waals surface area contributed by atoms with Gasteiger partial charge in [-0.15, -0.1) is 0 Å². The number of para-hydroxylation sites is 1. The molecule has 1 N–H and O–H groups in total. The second kappa shape index (κ2) is 4.89. The maximum Gasteiger partial charge on any atom is 0.143 e. The minimum absolute atomic E-state index is 0.482. The summed E-state index contributed by atoms with van der Waals surface area (Å²) in [7, 11) is 3.90. The van der Waals surface area contributed by atoms with Crippen LogP contribution in [0.1, 0.15) is 36.6 Å². The van der Waals surface area contributed by atoms with Crippen molar-refractivity contribution in [1.82, 2.24) is 9.88 Å². The van der Waals surface area contributed by atoms with E-state index in [9.17, 15) is 0 Å². The predicted molar refractivity (Wildman–Crippen MR) is 78.8 cm³/mol. The molecule has 102 valence electrons. The van der Waals surface area contributed by atoms with Gasteiger partial charge in [-0.3, -0.25) is 0 Å². The molecule has 1 aliphatic rings. The van der Waals surface area contributed by atoms with Crippen LogP contribution in [0, 0.1) is 6.92 Å². The minimum Gasteiger partial charge on any atom is -0.495 e. The van der Waals surface area contributed by atoms with E-state index in [0.29, 0.717) is 6.04 Å².